The smallest absolute Gasteiger partial charge is 0.147 e. The number of aromatic nitrogens is 8. The van der Waals surface area contributed by atoms with Gasteiger partial charge in [0.15, 0.2) is 0 Å². The van der Waals surface area contributed by atoms with E-state index in [1.165, 1.54) is 12.1 Å². The zero-order valence-electron chi connectivity index (χ0n) is 27.3. The van der Waals surface area contributed by atoms with Crippen LogP contribution in [0, 0.1) is 11.6 Å². The third-order valence-corrected chi connectivity index (χ3v) is 8.96. The number of hydrogen-bond acceptors (Lipinski definition) is 6. The number of pyridine rings is 4. The van der Waals surface area contributed by atoms with Gasteiger partial charge in [-0.05, 0) is 71.8 Å². The second-order valence-electron chi connectivity index (χ2n) is 12.1. The minimum Gasteiger partial charge on any atom is -0.295 e. The molecule has 52 heavy (non-hydrogen) atoms. The Morgan fingerprint density at radius 2 is 0.865 bits per heavy atom. The molecule has 0 N–H and O–H groups in total. The Morgan fingerprint density at radius 1 is 0.404 bits per heavy atom. The van der Waals surface area contributed by atoms with Crippen molar-refractivity contribution in [2.24, 2.45) is 0 Å². The average molecular weight is 681 g/mol. The minimum absolute atomic E-state index is 0.292. The van der Waals surface area contributed by atoms with Crippen LogP contribution in [0.15, 0.2) is 159 Å². The summed E-state index contributed by atoms with van der Waals surface area (Å²) >= 11 is 0. The van der Waals surface area contributed by atoms with E-state index in [4.69, 9.17) is 0 Å². The molecule has 10 aromatic rings. The SMILES string of the molecule is Fc1ccccc1-n1cnc2cnc3ccc(-c4cccnc4)cc3c21.Fc1ccccc1-n1cnc2cnc3ccc(-c4cccnc4)cc3c21. The van der Waals surface area contributed by atoms with Gasteiger partial charge >= 0.3 is 0 Å². The van der Waals surface area contributed by atoms with Gasteiger partial charge in [0.25, 0.3) is 0 Å². The summed E-state index contributed by atoms with van der Waals surface area (Å²) in [6, 6.07) is 33.3. The van der Waals surface area contributed by atoms with Crippen LogP contribution in [0.5, 0.6) is 0 Å². The monoisotopic (exact) mass is 680 g/mol. The van der Waals surface area contributed by atoms with Crippen molar-refractivity contribution in [3.63, 3.8) is 0 Å². The molecule has 0 aliphatic heterocycles. The highest BCUT2D eigenvalue weighted by atomic mass is 19.1. The first-order valence-electron chi connectivity index (χ1n) is 16.4. The fourth-order valence-corrected chi connectivity index (χ4v) is 6.47. The fraction of sp³-hybridized carbons (Fsp3) is 0. The lowest BCUT2D eigenvalue weighted by Gasteiger charge is -2.09. The third-order valence-electron chi connectivity index (χ3n) is 8.96. The highest BCUT2D eigenvalue weighted by molar-refractivity contribution is 6.05. The molecule has 0 saturated carbocycles. The number of rotatable bonds is 4. The molecule has 0 saturated heterocycles. The largest absolute Gasteiger partial charge is 0.295 e. The van der Waals surface area contributed by atoms with Gasteiger partial charge in [-0.15, -0.1) is 0 Å². The number of halogens is 2. The van der Waals surface area contributed by atoms with Crippen LogP contribution in [0.3, 0.4) is 0 Å². The van der Waals surface area contributed by atoms with E-state index in [1.54, 1.807) is 70.8 Å². The van der Waals surface area contributed by atoms with Crippen molar-refractivity contribution < 1.29 is 8.78 Å². The van der Waals surface area contributed by atoms with Crippen molar-refractivity contribution in [3.05, 3.63) is 171 Å². The molecule has 4 aromatic carbocycles. The standard InChI is InChI=1S/2C21H13FN4/c2*22-17-5-1-2-6-20(17)26-13-25-19-12-24-18-8-7-14(10-16(18)21(19)26)15-4-3-9-23-11-15/h2*1-13H. The van der Waals surface area contributed by atoms with Crippen molar-refractivity contribution in [2.75, 3.05) is 0 Å². The summed E-state index contributed by atoms with van der Waals surface area (Å²) in [4.78, 5) is 26.2. The van der Waals surface area contributed by atoms with Gasteiger partial charge in [-0.25, -0.2) is 18.7 Å². The maximum Gasteiger partial charge on any atom is 0.147 e. The zero-order valence-corrected chi connectivity index (χ0v) is 27.3. The maximum atomic E-state index is 14.4. The second kappa shape index (κ2) is 12.9. The van der Waals surface area contributed by atoms with Crippen molar-refractivity contribution in [3.8, 4) is 33.6 Å². The summed E-state index contributed by atoms with van der Waals surface area (Å²) in [7, 11) is 0. The van der Waals surface area contributed by atoms with Crippen LogP contribution in [-0.4, -0.2) is 39.0 Å². The molecule has 10 heteroatoms. The first-order chi connectivity index (χ1) is 25.6. The summed E-state index contributed by atoms with van der Waals surface area (Å²) in [6.45, 7) is 0. The maximum absolute atomic E-state index is 14.4. The molecule has 0 aliphatic carbocycles. The molecule has 6 aromatic heterocycles. The third kappa shape index (κ3) is 5.48. The number of fused-ring (bicyclic) bond motifs is 6. The van der Waals surface area contributed by atoms with Crippen LogP contribution in [0.4, 0.5) is 8.78 Å². The molecular formula is C42H26F2N8. The van der Waals surface area contributed by atoms with Crippen molar-refractivity contribution in [2.45, 2.75) is 0 Å². The van der Waals surface area contributed by atoms with Gasteiger partial charge < -0.3 is 0 Å². The van der Waals surface area contributed by atoms with Gasteiger partial charge in [0.1, 0.15) is 35.3 Å². The Bertz CT molecular complexity index is 2690. The first kappa shape index (κ1) is 30.8. The number of nitrogens with zero attached hydrogens (tertiary/aromatic N) is 8. The van der Waals surface area contributed by atoms with E-state index < -0.39 is 0 Å². The Labute approximate surface area is 295 Å². The van der Waals surface area contributed by atoms with E-state index in [1.807, 2.05) is 73.1 Å². The summed E-state index contributed by atoms with van der Waals surface area (Å²) in [5.41, 5.74) is 9.83. The molecule has 0 aliphatic rings. The molecule has 248 valence electrons. The zero-order chi connectivity index (χ0) is 35.0. The Morgan fingerprint density at radius 3 is 1.29 bits per heavy atom. The molecule has 0 atom stereocenters. The van der Waals surface area contributed by atoms with E-state index in [-0.39, 0.29) is 11.6 Å². The highest BCUT2D eigenvalue weighted by Crippen LogP contribution is 2.32. The molecule has 10 rings (SSSR count). The molecular weight excluding hydrogens is 655 g/mol. The van der Waals surface area contributed by atoms with E-state index in [0.29, 0.717) is 11.4 Å². The summed E-state index contributed by atoms with van der Waals surface area (Å²) in [6.07, 6.45) is 13.9. The van der Waals surface area contributed by atoms with Crippen LogP contribution >= 0.6 is 0 Å². The van der Waals surface area contributed by atoms with E-state index >= 15 is 0 Å². The predicted octanol–water partition coefficient (Wildman–Crippen LogP) is 9.55. The molecule has 0 unspecified atom stereocenters. The van der Waals surface area contributed by atoms with Crippen LogP contribution in [0.25, 0.3) is 77.5 Å². The predicted molar refractivity (Wildman–Crippen MR) is 199 cm³/mol. The van der Waals surface area contributed by atoms with E-state index in [2.05, 4.69) is 42.0 Å². The second-order valence-corrected chi connectivity index (χ2v) is 12.1. The van der Waals surface area contributed by atoms with Gasteiger partial charge in [0.2, 0.25) is 0 Å². The normalized spacial score (nSPS) is 11.3. The molecule has 0 spiro atoms. The van der Waals surface area contributed by atoms with Crippen LogP contribution in [0.1, 0.15) is 0 Å². The van der Waals surface area contributed by atoms with E-state index in [0.717, 1.165) is 66.1 Å². The lowest BCUT2D eigenvalue weighted by Crippen LogP contribution is -1.96. The van der Waals surface area contributed by atoms with Crippen molar-refractivity contribution in [1.29, 1.82) is 0 Å². The van der Waals surface area contributed by atoms with E-state index in [9.17, 15) is 8.78 Å². The molecule has 0 fully saturated rings. The highest BCUT2D eigenvalue weighted by Gasteiger charge is 2.15. The first-order valence-corrected chi connectivity index (χ1v) is 16.4. The van der Waals surface area contributed by atoms with Gasteiger partial charge in [0.05, 0.1) is 45.8 Å². The number of benzene rings is 4. The minimum atomic E-state index is -0.292. The van der Waals surface area contributed by atoms with Gasteiger partial charge in [0, 0.05) is 46.7 Å². The van der Waals surface area contributed by atoms with Gasteiger partial charge in [-0.2, -0.15) is 0 Å². The Balaban J connectivity index is 0.000000138. The van der Waals surface area contributed by atoms with Crippen LogP contribution in [-0.2, 0) is 0 Å². The summed E-state index contributed by atoms with van der Waals surface area (Å²) in [5.74, 6) is -0.583. The Kier molecular flexibility index (Phi) is 7.66. The average Bonchev–Trinajstić information content (AvgIpc) is 3.84. The quantitative estimate of drug-likeness (QED) is 0.184. The lowest BCUT2D eigenvalue weighted by atomic mass is 10.0. The van der Waals surface area contributed by atoms with Crippen molar-refractivity contribution >= 4 is 43.9 Å². The number of para-hydroxylation sites is 2. The van der Waals surface area contributed by atoms with Gasteiger partial charge in [-0.1, -0.05) is 48.5 Å². The van der Waals surface area contributed by atoms with Gasteiger partial charge in [-0.3, -0.25) is 29.1 Å². The molecule has 6 heterocycles. The summed E-state index contributed by atoms with van der Waals surface area (Å²) < 4.78 is 32.3. The lowest BCUT2D eigenvalue weighted by molar-refractivity contribution is 0.619. The number of hydrogen-bond donors (Lipinski definition) is 0. The summed E-state index contributed by atoms with van der Waals surface area (Å²) in [5, 5.41) is 1.84. The molecule has 8 nitrogen and oxygen atoms in total. The van der Waals surface area contributed by atoms with Crippen LogP contribution in [0.2, 0.25) is 0 Å². The molecule has 0 radical (unpaired) electrons. The molecule has 0 bridgehead atoms. The fourth-order valence-electron chi connectivity index (χ4n) is 6.47. The number of imidazole rings is 2. The van der Waals surface area contributed by atoms with Crippen molar-refractivity contribution in [1.82, 2.24) is 39.0 Å². The molecule has 0 amide bonds. The Hall–Kier alpha value is -7.20. The topological polar surface area (TPSA) is 87.2 Å². The van der Waals surface area contributed by atoms with Crippen LogP contribution < -0.4 is 0 Å².